The number of piperidine rings is 1. The highest BCUT2D eigenvalue weighted by Crippen LogP contribution is 2.31. The van der Waals surface area contributed by atoms with E-state index in [9.17, 15) is 17.6 Å². The predicted molar refractivity (Wildman–Crippen MR) is 89.6 cm³/mol. The van der Waals surface area contributed by atoms with E-state index in [2.05, 4.69) is 4.98 Å². The molecule has 2 heterocycles. The Labute approximate surface area is 145 Å². The van der Waals surface area contributed by atoms with Gasteiger partial charge in [-0.2, -0.15) is 0 Å². The lowest BCUT2D eigenvalue weighted by Crippen LogP contribution is -2.39. The zero-order valence-corrected chi connectivity index (χ0v) is 14.2. The van der Waals surface area contributed by atoms with E-state index in [1.807, 2.05) is 12.1 Å². The number of sulfonamides is 1. The number of rotatable bonds is 3. The average molecular weight is 363 g/mol. The molecule has 1 atom stereocenters. The lowest BCUT2D eigenvalue weighted by molar-refractivity contribution is 0.0601. The van der Waals surface area contributed by atoms with Gasteiger partial charge >= 0.3 is 0 Å². The molecule has 0 bridgehead atoms. The highest BCUT2D eigenvalue weighted by molar-refractivity contribution is 7.89. The molecule has 2 N–H and O–H groups in total. The fourth-order valence-electron chi connectivity index (χ4n) is 3.06. The van der Waals surface area contributed by atoms with Crippen LogP contribution in [-0.4, -0.2) is 30.8 Å². The van der Waals surface area contributed by atoms with E-state index >= 15 is 0 Å². The van der Waals surface area contributed by atoms with Gasteiger partial charge in [0.15, 0.2) is 0 Å². The average Bonchev–Trinajstić information content (AvgIpc) is 2.61. The first-order valence-electron chi connectivity index (χ1n) is 7.92. The van der Waals surface area contributed by atoms with Crippen molar-refractivity contribution in [3.8, 4) is 0 Å². The minimum Gasteiger partial charge on any atom is -0.330 e. The van der Waals surface area contributed by atoms with Crippen molar-refractivity contribution in [2.24, 2.45) is 5.14 Å². The smallest absolute Gasteiger partial charge is 0.257 e. The van der Waals surface area contributed by atoms with E-state index in [1.54, 1.807) is 17.2 Å². The Hall–Kier alpha value is -2.32. The number of likely N-dealkylation sites (tertiary alicyclic amines) is 1. The van der Waals surface area contributed by atoms with Gasteiger partial charge in [-0.1, -0.05) is 6.07 Å². The van der Waals surface area contributed by atoms with Gasteiger partial charge in [-0.25, -0.2) is 17.9 Å². The second-order valence-electron chi connectivity index (χ2n) is 5.95. The molecule has 25 heavy (non-hydrogen) atoms. The zero-order chi connectivity index (χ0) is 18.0. The topological polar surface area (TPSA) is 93.4 Å². The molecule has 3 rings (SSSR count). The van der Waals surface area contributed by atoms with Crippen LogP contribution < -0.4 is 5.14 Å². The molecule has 0 unspecified atom stereocenters. The van der Waals surface area contributed by atoms with Gasteiger partial charge in [0.25, 0.3) is 5.91 Å². The summed E-state index contributed by atoms with van der Waals surface area (Å²) in [5.41, 5.74) is 0.438. The molecule has 1 saturated heterocycles. The van der Waals surface area contributed by atoms with Crippen LogP contribution in [0.4, 0.5) is 4.39 Å². The van der Waals surface area contributed by atoms with Crippen LogP contribution in [0.1, 0.15) is 41.4 Å². The van der Waals surface area contributed by atoms with E-state index in [1.165, 1.54) is 0 Å². The molecule has 1 amide bonds. The van der Waals surface area contributed by atoms with Crippen LogP contribution in [0.15, 0.2) is 47.5 Å². The fraction of sp³-hybridized carbons (Fsp3) is 0.294. The molecule has 1 aromatic carbocycles. The number of carbonyl (C=O) groups is 1. The van der Waals surface area contributed by atoms with Crippen LogP contribution in [0.3, 0.4) is 0 Å². The Morgan fingerprint density at radius 3 is 2.72 bits per heavy atom. The largest absolute Gasteiger partial charge is 0.330 e. The zero-order valence-electron chi connectivity index (χ0n) is 13.4. The number of nitrogens with zero attached hydrogens (tertiary/aromatic N) is 2. The first kappa shape index (κ1) is 17.5. The van der Waals surface area contributed by atoms with Gasteiger partial charge in [-0.15, -0.1) is 0 Å². The van der Waals surface area contributed by atoms with Crippen molar-refractivity contribution in [1.29, 1.82) is 0 Å². The molecule has 1 aromatic heterocycles. The highest BCUT2D eigenvalue weighted by atomic mass is 32.2. The Morgan fingerprint density at radius 2 is 2.04 bits per heavy atom. The summed E-state index contributed by atoms with van der Waals surface area (Å²) < 4.78 is 37.2. The van der Waals surface area contributed by atoms with Crippen molar-refractivity contribution in [1.82, 2.24) is 9.88 Å². The van der Waals surface area contributed by atoms with E-state index in [4.69, 9.17) is 5.14 Å². The standard InChI is InChI=1S/C17H18FN3O3S/c18-14-8-7-12(25(19,23)24)11-13(14)17(22)21-10-4-2-6-16(21)15-5-1-3-9-20-15/h1,3,5,7-9,11,16H,2,4,6,10H2,(H2,19,23,24)/t16-/m0/s1. The minimum atomic E-state index is -4.02. The normalized spacial score (nSPS) is 18.2. The first-order valence-corrected chi connectivity index (χ1v) is 9.47. The molecule has 2 aromatic rings. The number of benzene rings is 1. The van der Waals surface area contributed by atoms with Gasteiger partial charge in [0, 0.05) is 12.7 Å². The van der Waals surface area contributed by atoms with Crippen LogP contribution >= 0.6 is 0 Å². The number of pyridine rings is 1. The summed E-state index contributed by atoms with van der Waals surface area (Å²) in [5, 5.41) is 5.09. The number of halogens is 1. The van der Waals surface area contributed by atoms with Gasteiger partial charge in [0.05, 0.1) is 22.2 Å². The molecule has 132 valence electrons. The van der Waals surface area contributed by atoms with Gasteiger partial charge < -0.3 is 4.90 Å². The number of carbonyl (C=O) groups excluding carboxylic acids is 1. The fourth-order valence-corrected chi connectivity index (χ4v) is 3.60. The van der Waals surface area contributed by atoms with E-state index in [0.717, 1.165) is 43.2 Å². The summed E-state index contributed by atoms with van der Waals surface area (Å²) >= 11 is 0. The van der Waals surface area contributed by atoms with Crippen molar-refractivity contribution in [2.75, 3.05) is 6.54 Å². The molecule has 0 saturated carbocycles. The number of hydrogen-bond donors (Lipinski definition) is 1. The van der Waals surface area contributed by atoms with Crippen molar-refractivity contribution in [2.45, 2.75) is 30.2 Å². The van der Waals surface area contributed by atoms with Crippen LogP contribution in [0.25, 0.3) is 0 Å². The van der Waals surface area contributed by atoms with E-state index in [0.29, 0.717) is 6.54 Å². The molecular formula is C17H18FN3O3S. The summed E-state index contributed by atoms with van der Waals surface area (Å²) in [6.07, 6.45) is 4.10. The third kappa shape index (κ3) is 3.69. The van der Waals surface area contributed by atoms with Crippen LogP contribution in [0.5, 0.6) is 0 Å². The third-order valence-electron chi connectivity index (χ3n) is 4.29. The Balaban J connectivity index is 1.98. The minimum absolute atomic E-state index is 0.264. The summed E-state index contributed by atoms with van der Waals surface area (Å²) in [7, 11) is -4.02. The monoisotopic (exact) mass is 363 g/mol. The maximum absolute atomic E-state index is 14.2. The predicted octanol–water partition coefficient (Wildman–Crippen LogP) is 2.24. The molecular weight excluding hydrogens is 345 g/mol. The van der Waals surface area contributed by atoms with E-state index in [-0.39, 0.29) is 16.5 Å². The second-order valence-corrected chi connectivity index (χ2v) is 7.51. The van der Waals surface area contributed by atoms with Crippen molar-refractivity contribution >= 4 is 15.9 Å². The molecule has 0 aliphatic carbocycles. The summed E-state index contributed by atoms with van der Waals surface area (Å²) in [6, 6.07) is 8.18. The molecule has 6 nitrogen and oxygen atoms in total. The van der Waals surface area contributed by atoms with Crippen LogP contribution in [0, 0.1) is 5.82 Å². The second kappa shape index (κ2) is 6.89. The van der Waals surface area contributed by atoms with Crippen molar-refractivity contribution < 1.29 is 17.6 Å². The van der Waals surface area contributed by atoms with Gasteiger partial charge in [-0.3, -0.25) is 9.78 Å². The Morgan fingerprint density at radius 1 is 1.24 bits per heavy atom. The van der Waals surface area contributed by atoms with E-state index < -0.39 is 21.7 Å². The molecule has 8 heteroatoms. The number of amides is 1. The Kier molecular flexibility index (Phi) is 4.82. The van der Waals surface area contributed by atoms with Crippen LogP contribution in [0.2, 0.25) is 0 Å². The quantitative estimate of drug-likeness (QED) is 0.905. The molecule has 0 spiro atoms. The lowest BCUT2D eigenvalue weighted by Gasteiger charge is -2.35. The van der Waals surface area contributed by atoms with Gasteiger partial charge in [-0.05, 0) is 49.6 Å². The maximum atomic E-state index is 14.2. The molecule has 1 fully saturated rings. The maximum Gasteiger partial charge on any atom is 0.257 e. The number of hydrogen-bond acceptors (Lipinski definition) is 4. The first-order chi connectivity index (χ1) is 11.9. The summed E-state index contributed by atoms with van der Waals surface area (Å²) in [6.45, 7) is 0.457. The van der Waals surface area contributed by atoms with Gasteiger partial charge in [0.1, 0.15) is 5.82 Å². The number of nitrogens with two attached hydrogens (primary N) is 1. The molecule has 1 aliphatic rings. The molecule has 0 radical (unpaired) electrons. The summed E-state index contributed by atoms with van der Waals surface area (Å²) in [5.74, 6) is -1.33. The molecule has 1 aliphatic heterocycles. The number of aromatic nitrogens is 1. The van der Waals surface area contributed by atoms with Crippen molar-refractivity contribution in [3.63, 3.8) is 0 Å². The lowest BCUT2D eigenvalue weighted by atomic mass is 9.97. The number of primary sulfonamides is 1. The van der Waals surface area contributed by atoms with Gasteiger partial charge in [0.2, 0.25) is 10.0 Å². The summed E-state index contributed by atoms with van der Waals surface area (Å²) in [4.78, 5) is 18.5. The van der Waals surface area contributed by atoms with Crippen molar-refractivity contribution in [3.05, 3.63) is 59.7 Å². The Bertz CT molecular complexity index is 887. The third-order valence-corrected chi connectivity index (χ3v) is 5.20. The highest BCUT2D eigenvalue weighted by Gasteiger charge is 2.31. The van der Waals surface area contributed by atoms with Crippen LogP contribution in [-0.2, 0) is 10.0 Å². The SMILES string of the molecule is NS(=O)(=O)c1ccc(F)c(C(=O)N2CCCC[C@H]2c2ccccn2)c1.